The molecule has 32 heavy (non-hydrogen) atoms. The van der Waals surface area contributed by atoms with E-state index < -0.39 is 12.1 Å². The Morgan fingerprint density at radius 1 is 1.19 bits per heavy atom. The molecule has 1 aromatic carbocycles. The number of amides is 1. The van der Waals surface area contributed by atoms with E-state index in [-0.39, 0.29) is 11.4 Å². The van der Waals surface area contributed by atoms with Crippen molar-refractivity contribution in [3.05, 3.63) is 48.3 Å². The number of hydrogen-bond donors (Lipinski definition) is 1. The second-order valence-electron chi connectivity index (χ2n) is 8.18. The number of halogens is 3. The van der Waals surface area contributed by atoms with E-state index in [2.05, 4.69) is 52.3 Å². The van der Waals surface area contributed by atoms with E-state index in [0.29, 0.717) is 6.54 Å². The van der Waals surface area contributed by atoms with Gasteiger partial charge in [0.2, 0.25) is 5.91 Å². The number of alkyl halides is 3. The van der Waals surface area contributed by atoms with E-state index in [1.54, 1.807) is 10.9 Å². The number of nitrogens with zero attached hydrogens (tertiary/aromatic N) is 5. The summed E-state index contributed by atoms with van der Waals surface area (Å²) in [6.07, 6.45) is -0.290. The van der Waals surface area contributed by atoms with Crippen LogP contribution in [0.15, 0.2) is 42.7 Å². The van der Waals surface area contributed by atoms with Gasteiger partial charge in [0.1, 0.15) is 0 Å². The fraction of sp³-hybridized carbons (Fsp3) is 0.476. The van der Waals surface area contributed by atoms with Gasteiger partial charge >= 0.3 is 12.1 Å². The molecule has 0 aliphatic carbocycles. The number of benzene rings is 1. The summed E-state index contributed by atoms with van der Waals surface area (Å²) in [6, 6.07) is 10.6. The maximum Gasteiger partial charge on any atom is 0.490 e. The van der Waals surface area contributed by atoms with E-state index in [9.17, 15) is 18.0 Å². The third-order valence-electron chi connectivity index (χ3n) is 5.84. The summed E-state index contributed by atoms with van der Waals surface area (Å²) < 4.78 is 33.5. The van der Waals surface area contributed by atoms with E-state index in [4.69, 9.17) is 9.90 Å². The number of piperazine rings is 1. The molecule has 2 aliphatic rings. The molecule has 2 saturated heterocycles. The summed E-state index contributed by atoms with van der Waals surface area (Å²) >= 11 is 0. The predicted octanol–water partition coefficient (Wildman–Crippen LogP) is 1.98. The molecule has 1 N–H and O–H groups in total. The van der Waals surface area contributed by atoms with Crippen molar-refractivity contribution in [1.29, 1.82) is 0 Å². The number of hydrogen-bond acceptors (Lipinski definition) is 5. The normalized spacial score (nSPS) is 22.2. The summed E-state index contributed by atoms with van der Waals surface area (Å²) in [6.45, 7) is 4.22. The summed E-state index contributed by atoms with van der Waals surface area (Å²) in [7, 11) is 3.97. The summed E-state index contributed by atoms with van der Waals surface area (Å²) in [4.78, 5) is 28.1. The number of carboxylic acids is 1. The first-order valence-electron chi connectivity index (χ1n) is 10.1. The molecule has 1 aromatic heterocycles. The molecule has 0 bridgehead atoms. The second kappa shape index (κ2) is 9.29. The Morgan fingerprint density at radius 3 is 2.41 bits per heavy atom. The van der Waals surface area contributed by atoms with E-state index in [1.807, 2.05) is 18.1 Å². The quantitative estimate of drug-likeness (QED) is 0.766. The zero-order chi connectivity index (χ0) is 23.5. The molecule has 0 radical (unpaired) electrons. The van der Waals surface area contributed by atoms with Gasteiger partial charge in [0.25, 0.3) is 0 Å². The molecule has 2 aromatic rings. The van der Waals surface area contributed by atoms with Gasteiger partial charge in [-0.2, -0.15) is 18.3 Å². The SMILES string of the molecule is CN1CC(=O)N(c2cnn(C)c2)CC12CCN(Cc1ccccc1)C2.O=C(O)C(F)(F)F. The molecule has 4 rings (SSSR count). The van der Waals surface area contributed by atoms with Gasteiger partial charge in [-0.1, -0.05) is 30.3 Å². The van der Waals surface area contributed by atoms with E-state index in [1.165, 1.54) is 5.56 Å². The molecule has 1 unspecified atom stereocenters. The molecule has 1 spiro atoms. The van der Waals surface area contributed by atoms with Crippen LogP contribution in [0.1, 0.15) is 12.0 Å². The second-order valence-corrected chi connectivity index (χ2v) is 8.18. The smallest absolute Gasteiger partial charge is 0.475 e. The van der Waals surface area contributed by atoms with Crippen molar-refractivity contribution in [2.45, 2.75) is 24.7 Å². The number of aryl methyl sites for hydroxylation is 1. The number of anilines is 1. The van der Waals surface area contributed by atoms with Crippen LogP contribution in [-0.2, 0) is 23.2 Å². The minimum absolute atomic E-state index is 0.0263. The first kappa shape index (κ1) is 23.7. The molecule has 1 atom stereocenters. The molecule has 11 heteroatoms. The average Bonchev–Trinajstić information content (AvgIpc) is 3.32. The lowest BCUT2D eigenvalue weighted by molar-refractivity contribution is -0.192. The summed E-state index contributed by atoms with van der Waals surface area (Å²) in [5.74, 6) is -2.60. The maximum absolute atomic E-state index is 12.6. The number of carbonyl (C=O) groups excluding carboxylic acids is 1. The Balaban J connectivity index is 0.000000360. The van der Waals surface area contributed by atoms with Crippen LogP contribution in [-0.4, -0.2) is 81.5 Å². The number of carbonyl (C=O) groups is 2. The Bertz CT molecular complexity index is 950. The maximum atomic E-state index is 12.6. The first-order chi connectivity index (χ1) is 15.0. The van der Waals surface area contributed by atoms with Crippen LogP contribution in [0.2, 0.25) is 0 Å². The van der Waals surface area contributed by atoms with Crippen LogP contribution in [0.5, 0.6) is 0 Å². The molecule has 3 heterocycles. The molecule has 1 amide bonds. The first-order valence-corrected chi connectivity index (χ1v) is 10.1. The van der Waals surface area contributed by atoms with Crippen LogP contribution >= 0.6 is 0 Å². The number of aromatic nitrogens is 2. The highest BCUT2D eigenvalue weighted by atomic mass is 19.4. The minimum atomic E-state index is -5.08. The number of aliphatic carboxylic acids is 1. The van der Waals surface area contributed by atoms with Crippen molar-refractivity contribution >= 4 is 17.6 Å². The lowest BCUT2D eigenvalue weighted by atomic mass is 9.93. The van der Waals surface area contributed by atoms with Crippen molar-refractivity contribution in [1.82, 2.24) is 19.6 Å². The van der Waals surface area contributed by atoms with Crippen LogP contribution in [0.4, 0.5) is 18.9 Å². The van der Waals surface area contributed by atoms with Crippen molar-refractivity contribution < 1.29 is 27.9 Å². The molecule has 0 saturated carbocycles. The Hall–Kier alpha value is -2.92. The fourth-order valence-electron chi connectivity index (χ4n) is 4.10. The van der Waals surface area contributed by atoms with Crippen LogP contribution < -0.4 is 4.90 Å². The highest BCUT2D eigenvalue weighted by Crippen LogP contribution is 2.33. The lowest BCUT2D eigenvalue weighted by Gasteiger charge is -2.46. The van der Waals surface area contributed by atoms with Crippen molar-refractivity contribution in [2.24, 2.45) is 7.05 Å². The monoisotopic (exact) mass is 453 g/mol. The molecular formula is C21H26F3N5O3. The molecule has 2 fully saturated rings. The van der Waals surface area contributed by atoms with Gasteiger partial charge in [-0.05, 0) is 19.0 Å². The third-order valence-corrected chi connectivity index (χ3v) is 5.84. The van der Waals surface area contributed by atoms with Crippen molar-refractivity contribution in [3.63, 3.8) is 0 Å². The Kier molecular flexibility index (Phi) is 6.89. The van der Waals surface area contributed by atoms with Gasteiger partial charge in [-0.25, -0.2) is 4.79 Å². The minimum Gasteiger partial charge on any atom is -0.475 e. The number of likely N-dealkylation sites (N-methyl/N-ethyl adjacent to an activating group) is 1. The van der Waals surface area contributed by atoms with Gasteiger partial charge in [-0.15, -0.1) is 0 Å². The molecule has 8 nitrogen and oxygen atoms in total. The molecule has 174 valence electrons. The zero-order valence-corrected chi connectivity index (χ0v) is 17.9. The fourth-order valence-corrected chi connectivity index (χ4v) is 4.10. The van der Waals surface area contributed by atoms with Gasteiger partial charge in [0.05, 0.1) is 24.0 Å². The van der Waals surface area contributed by atoms with Gasteiger partial charge in [-0.3, -0.25) is 19.3 Å². The van der Waals surface area contributed by atoms with Gasteiger partial charge in [0, 0.05) is 39.4 Å². The largest absolute Gasteiger partial charge is 0.490 e. The van der Waals surface area contributed by atoms with Gasteiger partial charge < -0.3 is 10.0 Å². The van der Waals surface area contributed by atoms with Crippen LogP contribution in [0.25, 0.3) is 0 Å². The highest BCUT2D eigenvalue weighted by molar-refractivity contribution is 5.95. The van der Waals surface area contributed by atoms with Crippen molar-refractivity contribution in [3.8, 4) is 0 Å². The highest BCUT2D eigenvalue weighted by Gasteiger charge is 2.47. The van der Waals surface area contributed by atoms with Crippen molar-refractivity contribution in [2.75, 3.05) is 38.1 Å². The zero-order valence-electron chi connectivity index (χ0n) is 17.9. The Morgan fingerprint density at radius 2 is 1.84 bits per heavy atom. The average molecular weight is 453 g/mol. The van der Waals surface area contributed by atoms with E-state index >= 15 is 0 Å². The van der Waals surface area contributed by atoms with Crippen LogP contribution in [0.3, 0.4) is 0 Å². The topological polar surface area (TPSA) is 81.9 Å². The number of likely N-dealkylation sites (tertiary alicyclic amines) is 1. The lowest BCUT2D eigenvalue weighted by Crippen LogP contribution is -2.64. The third kappa shape index (κ3) is 5.46. The Labute approximate surface area is 183 Å². The summed E-state index contributed by atoms with van der Waals surface area (Å²) in [5, 5.41) is 11.4. The number of rotatable bonds is 3. The standard InChI is InChI=1S/C19H25N5O.C2HF3O2/c1-21-13-18(25)24(17-10-20-22(2)12-17)15-19(21)8-9-23(14-19)11-16-6-4-3-5-7-16;3-2(4,5)1(6)7/h3-7,10,12H,8-9,11,13-15H2,1-2H3;(H,6,7). The van der Waals surface area contributed by atoms with E-state index in [0.717, 1.165) is 38.3 Å². The molecular weight excluding hydrogens is 427 g/mol. The molecule has 2 aliphatic heterocycles. The van der Waals surface area contributed by atoms with Crippen LogP contribution in [0, 0.1) is 0 Å². The number of carboxylic acid groups (broad SMARTS) is 1. The van der Waals surface area contributed by atoms with Gasteiger partial charge in [0.15, 0.2) is 0 Å². The summed E-state index contributed by atoms with van der Waals surface area (Å²) in [5.41, 5.74) is 2.28. The predicted molar refractivity (Wildman–Crippen MR) is 111 cm³/mol.